The Balaban J connectivity index is 0. The first-order chi connectivity index (χ1) is 9.74. The largest absolute Gasteiger partial charge is 0.344 e. The van der Waals surface area contributed by atoms with Crippen LogP contribution in [0.5, 0.6) is 0 Å². The molecule has 0 radical (unpaired) electrons. The Hall–Kier alpha value is 0.270. The van der Waals surface area contributed by atoms with Crippen LogP contribution in [-0.2, 0) is 13.6 Å². The van der Waals surface area contributed by atoms with E-state index in [4.69, 9.17) is 13.6 Å². The molecule has 0 spiro atoms. The maximum atomic E-state index is 6.16. The van der Waals surface area contributed by atoms with Crippen molar-refractivity contribution in [3.63, 3.8) is 0 Å². The van der Waals surface area contributed by atoms with E-state index in [1.165, 1.54) is 6.42 Å². The van der Waals surface area contributed by atoms with Gasteiger partial charge in [-0.05, 0) is 0 Å². The first-order valence-corrected chi connectivity index (χ1v) is 10.6. The molecule has 0 atom stereocenters. The minimum atomic E-state index is -2.43. The van der Waals surface area contributed by atoms with Crippen molar-refractivity contribution in [3.05, 3.63) is 0 Å². The summed E-state index contributed by atoms with van der Waals surface area (Å²) in [6.45, 7) is 11.1. The predicted molar refractivity (Wildman–Crippen MR) is 95.7 cm³/mol. The summed E-state index contributed by atoms with van der Waals surface area (Å²) in [4.78, 5) is 0. The van der Waals surface area contributed by atoms with Crippen LogP contribution in [0.4, 0.5) is 0 Å². The van der Waals surface area contributed by atoms with Gasteiger partial charge in [-0.1, -0.05) is 0 Å². The Bertz CT molecular complexity index is 179. The average Bonchev–Trinajstić information content (AvgIpc) is 2.46. The van der Waals surface area contributed by atoms with Gasteiger partial charge in [0.05, 0.1) is 0 Å². The molecule has 0 rings (SSSR count). The molecule has 0 fully saturated rings. The smallest absolute Gasteiger partial charge is 0.344 e. The second-order valence-corrected chi connectivity index (χ2v) is 8.12. The normalized spacial score (nSPS) is 12.2. The maximum Gasteiger partial charge on any atom is -0.344 e. The van der Waals surface area contributed by atoms with Crippen LogP contribution in [0.25, 0.3) is 0 Å². The quantitative estimate of drug-likeness (QED) is 0.301. The Morgan fingerprint density at radius 2 is 0.905 bits per heavy atom. The molecule has 0 aromatic carbocycles. The van der Waals surface area contributed by atoms with Gasteiger partial charge < -0.3 is 6.15 Å². The first kappa shape index (κ1) is 23.5. The molecule has 132 valence electrons. The summed E-state index contributed by atoms with van der Waals surface area (Å²) in [5.74, 6) is 0. The second-order valence-electron chi connectivity index (χ2n) is 5.39. The molecule has 0 unspecified atom stereocenters. The average molecular weight is 325 g/mol. The fourth-order valence-electron chi connectivity index (χ4n) is 1.85. The van der Waals surface area contributed by atoms with E-state index in [9.17, 15) is 0 Å². The number of hydrogen-bond donors (Lipinski definition) is 1. The van der Waals surface area contributed by atoms with Crippen LogP contribution >= 0.6 is 7.94 Å². The van der Waals surface area contributed by atoms with Crippen molar-refractivity contribution in [2.75, 3.05) is 26.0 Å². The van der Waals surface area contributed by atoms with Gasteiger partial charge in [0, 0.05) is 0 Å². The van der Waals surface area contributed by atoms with Crippen LogP contribution in [0, 0.1) is 0 Å². The van der Waals surface area contributed by atoms with Crippen LogP contribution < -0.4 is 6.15 Å². The molecule has 0 aliphatic rings. The van der Waals surface area contributed by atoms with Crippen LogP contribution in [0.15, 0.2) is 0 Å². The monoisotopic (exact) mass is 325 g/mol. The molecular weight excluding hydrogens is 285 g/mol. The molecule has 0 saturated carbocycles. The minimum absolute atomic E-state index is 0. The molecule has 4 nitrogen and oxygen atoms in total. The summed E-state index contributed by atoms with van der Waals surface area (Å²) in [5.41, 5.74) is 0. The summed E-state index contributed by atoms with van der Waals surface area (Å²) in [6.07, 6.45) is 10.0. The van der Waals surface area contributed by atoms with Crippen LogP contribution in [0.2, 0.25) is 0 Å². The van der Waals surface area contributed by atoms with Crippen LogP contribution in [0.3, 0.4) is 0 Å². The number of hydrogen-bond acceptors (Lipinski definition) is 4. The molecule has 21 heavy (non-hydrogen) atoms. The first-order valence-electron chi connectivity index (χ1n) is 8.66. The molecule has 0 heterocycles. The molecule has 3 N–H and O–H groups in total. The van der Waals surface area contributed by atoms with E-state index in [2.05, 4.69) is 27.7 Å². The molecule has 0 saturated heterocycles. The van der Waals surface area contributed by atoms with Gasteiger partial charge in [0.25, 0.3) is 0 Å². The van der Waals surface area contributed by atoms with Gasteiger partial charge in [0.2, 0.25) is 0 Å². The van der Waals surface area contributed by atoms with Gasteiger partial charge >= 0.3 is 127 Å². The molecule has 0 amide bonds. The summed E-state index contributed by atoms with van der Waals surface area (Å²) < 4.78 is 18.5. The van der Waals surface area contributed by atoms with Gasteiger partial charge in [0.15, 0.2) is 0 Å². The fourth-order valence-corrected chi connectivity index (χ4v) is 4.69. The number of rotatable bonds is 15. The topological polar surface area (TPSA) is 62.7 Å². The van der Waals surface area contributed by atoms with Crippen molar-refractivity contribution in [1.82, 2.24) is 6.15 Å². The summed E-state index contributed by atoms with van der Waals surface area (Å²) in [6, 6.07) is 0. The van der Waals surface area contributed by atoms with E-state index in [0.717, 1.165) is 70.9 Å². The number of unbranched alkanes of at least 4 members (excludes halogenated alkanes) is 4. The Labute approximate surface area is 133 Å². The summed E-state index contributed by atoms with van der Waals surface area (Å²) in [5, 5.41) is 0. The minimum Gasteiger partial charge on any atom is -0.344 e. The summed E-state index contributed by atoms with van der Waals surface area (Å²) in [7, 11) is -2.43. The Morgan fingerprint density at radius 1 is 0.571 bits per heavy atom. The Kier molecular flexibility index (Phi) is 18.6. The van der Waals surface area contributed by atoms with Gasteiger partial charge in [-0.15, -0.1) is 0 Å². The molecule has 0 aromatic heterocycles. The van der Waals surface area contributed by atoms with Gasteiger partial charge in [-0.3, -0.25) is 0 Å². The SMILES string of the molecule is CCCCO[PH](CCCC)(OCCCC)OCCCC.N. The van der Waals surface area contributed by atoms with Crippen molar-refractivity contribution in [2.45, 2.75) is 79.1 Å². The van der Waals surface area contributed by atoms with E-state index in [0.29, 0.717) is 0 Å². The third-order valence-electron chi connectivity index (χ3n) is 3.30. The van der Waals surface area contributed by atoms with E-state index >= 15 is 0 Å². The fraction of sp³-hybridized carbons (Fsp3) is 1.00. The molecular formula is C16H40NO3P. The van der Waals surface area contributed by atoms with Gasteiger partial charge in [0.1, 0.15) is 0 Å². The van der Waals surface area contributed by atoms with E-state index in [-0.39, 0.29) is 6.15 Å². The van der Waals surface area contributed by atoms with Crippen molar-refractivity contribution in [1.29, 1.82) is 0 Å². The van der Waals surface area contributed by atoms with Crippen LogP contribution in [-0.4, -0.2) is 26.0 Å². The zero-order valence-corrected chi connectivity index (χ0v) is 15.9. The molecule has 5 heteroatoms. The van der Waals surface area contributed by atoms with Gasteiger partial charge in [-0.25, -0.2) is 0 Å². The van der Waals surface area contributed by atoms with Crippen molar-refractivity contribution >= 4 is 7.94 Å². The van der Waals surface area contributed by atoms with E-state index in [1.54, 1.807) is 0 Å². The molecule has 0 bridgehead atoms. The van der Waals surface area contributed by atoms with E-state index < -0.39 is 7.94 Å². The van der Waals surface area contributed by atoms with Crippen molar-refractivity contribution < 1.29 is 13.6 Å². The second kappa shape index (κ2) is 16.6. The zero-order valence-electron chi connectivity index (χ0n) is 14.9. The third-order valence-corrected chi connectivity index (χ3v) is 6.19. The van der Waals surface area contributed by atoms with E-state index in [1.807, 2.05) is 0 Å². The van der Waals surface area contributed by atoms with Crippen molar-refractivity contribution in [2.24, 2.45) is 0 Å². The van der Waals surface area contributed by atoms with Crippen molar-refractivity contribution in [3.8, 4) is 0 Å². The molecule has 0 aliphatic carbocycles. The summed E-state index contributed by atoms with van der Waals surface area (Å²) >= 11 is 0. The predicted octanol–water partition coefficient (Wildman–Crippen LogP) is 5.89. The molecule has 0 aromatic rings. The standard InChI is InChI=1S/C16H37O3P.H3N/c1-5-9-13-17-20(16-12-8-4,18-14-10-6-2)19-15-11-7-3;/h20H,5-16H2,1-4H3;1H3. The maximum absolute atomic E-state index is 6.16. The van der Waals surface area contributed by atoms with Gasteiger partial charge in [-0.2, -0.15) is 0 Å². The molecule has 0 aliphatic heterocycles. The van der Waals surface area contributed by atoms with Crippen LogP contribution in [0.1, 0.15) is 79.1 Å². The zero-order chi connectivity index (χ0) is 15.1. The third kappa shape index (κ3) is 12.5. The Morgan fingerprint density at radius 3 is 1.19 bits per heavy atom.